The number of hydrogen-bond acceptors (Lipinski definition) is 3. The number of aliphatic hydroxyl groups excluding tert-OH is 1. The summed E-state index contributed by atoms with van der Waals surface area (Å²) in [5.41, 5.74) is 1.40. The van der Waals surface area contributed by atoms with Gasteiger partial charge in [-0.25, -0.2) is 4.39 Å². The highest BCUT2D eigenvalue weighted by Crippen LogP contribution is 2.17. The molecule has 0 unspecified atom stereocenters. The van der Waals surface area contributed by atoms with Crippen LogP contribution in [0.1, 0.15) is 16.7 Å². The third-order valence-corrected chi connectivity index (χ3v) is 2.66. The average Bonchev–Trinajstić information content (AvgIpc) is 2.46. The molecule has 0 amide bonds. The van der Waals surface area contributed by atoms with E-state index >= 15 is 0 Å². The summed E-state index contributed by atoms with van der Waals surface area (Å²) < 4.78 is 19.1. The number of halogens is 1. The van der Waals surface area contributed by atoms with Gasteiger partial charge in [0.2, 0.25) is 0 Å². The minimum Gasteiger partial charge on any atom is -0.489 e. The molecule has 0 heterocycles. The molecular formula is C15H12FNO2. The van der Waals surface area contributed by atoms with Crippen LogP contribution in [-0.4, -0.2) is 5.11 Å². The van der Waals surface area contributed by atoms with Gasteiger partial charge in [0, 0.05) is 5.56 Å². The molecule has 0 atom stereocenters. The topological polar surface area (TPSA) is 53.2 Å². The first-order valence-corrected chi connectivity index (χ1v) is 5.74. The quantitative estimate of drug-likeness (QED) is 0.916. The van der Waals surface area contributed by atoms with E-state index in [-0.39, 0.29) is 18.8 Å². The normalized spacial score (nSPS) is 9.95. The number of nitrogens with zero attached hydrogens (tertiary/aromatic N) is 1. The van der Waals surface area contributed by atoms with Gasteiger partial charge in [-0.1, -0.05) is 18.2 Å². The summed E-state index contributed by atoms with van der Waals surface area (Å²) in [5.74, 6) is 0.104. The Kier molecular flexibility index (Phi) is 4.11. The lowest BCUT2D eigenvalue weighted by atomic mass is 10.1. The minimum absolute atomic E-state index is 0.0670. The van der Waals surface area contributed by atoms with Crippen LogP contribution in [0.4, 0.5) is 4.39 Å². The maximum absolute atomic E-state index is 13.6. The van der Waals surface area contributed by atoms with Crippen molar-refractivity contribution < 1.29 is 14.2 Å². The summed E-state index contributed by atoms with van der Waals surface area (Å²) in [6, 6.07) is 13.1. The molecule has 0 aliphatic carbocycles. The number of nitriles is 1. The van der Waals surface area contributed by atoms with Gasteiger partial charge in [0.1, 0.15) is 18.2 Å². The van der Waals surface area contributed by atoms with Crippen LogP contribution in [0.5, 0.6) is 5.75 Å². The molecule has 0 radical (unpaired) electrons. The van der Waals surface area contributed by atoms with Crippen molar-refractivity contribution in [1.29, 1.82) is 5.26 Å². The Labute approximate surface area is 110 Å². The second kappa shape index (κ2) is 5.98. The van der Waals surface area contributed by atoms with E-state index in [2.05, 4.69) is 0 Å². The van der Waals surface area contributed by atoms with E-state index in [1.54, 1.807) is 30.3 Å². The SMILES string of the molecule is N#Cc1ccc(COc2cccc(CO)c2)c(F)c1. The van der Waals surface area contributed by atoms with Crippen LogP contribution in [0.2, 0.25) is 0 Å². The highest BCUT2D eigenvalue weighted by molar-refractivity contribution is 5.33. The van der Waals surface area contributed by atoms with Crippen molar-refractivity contribution in [1.82, 2.24) is 0 Å². The number of ether oxygens (including phenoxy) is 1. The zero-order valence-electron chi connectivity index (χ0n) is 10.1. The van der Waals surface area contributed by atoms with Gasteiger partial charge in [-0.3, -0.25) is 0 Å². The van der Waals surface area contributed by atoms with Gasteiger partial charge >= 0.3 is 0 Å². The Morgan fingerprint density at radius 2 is 2.05 bits per heavy atom. The van der Waals surface area contributed by atoms with Gasteiger partial charge in [-0.2, -0.15) is 5.26 Å². The smallest absolute Gasteiger partial charge is 0.131 e. The number of benzene rings is 2. The molecule has 0 saturated heterocycles. The summed E-state index contributed by atoms with van der Waals surface area (Å²) in [4.78, 5) is 0. The van der Waals surface area contributed by atoms with Crippen LogP contribution in [0.3, 0.4) is 0 Å². The third kappa shape index (κ3) is 3.30. The van der Waals surface area contributed by atoms with Crippen LogP contribution < -0.4 is 4.74 Å². The average molecular weight is 257 g/mol. The van der Waals surface area contributed by atoms with E-state index in [4.69, 9.17) is 15.1 Å². The molecule has 19 heavy (non-hydrogen) atoms. The van der Waals surface area contributed by atoms with Crippen molar-refractivity contribution in [2.24, 2.45) is 0 Å². The van der Waals surface area contributed by atoms with E-state index in [0.29, 0.717) is 11.3 Å². The van der Waals surface area contributed by atoms with Crippen LogP contribution >= 0.6 is 0 Å². The molecule has 0 bridgehead atoms. The molecule has 0 aliphatic heterocycles. The molecule has 0 fully saturated rings. The van der Waals surface area contributed by atoms with Crippen molar-refractivity contribution >= 4 is 0 Å². The van der Waals surface area contributed by atoms with E-state index in [0.717, 1.165) is 5.56 Å². The van der Waals surface area contributed by atoms with Crippen molar-refractivity contribution in [2.75, 3.05) is 0 Å². The molecular weight excluding hydrogens is 245 g/mol. The minimum atomic E-state index is -0.461. The van der Waals surface area contributed by atoms with E-state index in [9.17, 15) is 4.39 Å². The zero-order valence-corrected chi connectivity index (χ0v) is 10.1. The predicted molar refractivity (Wildman–Crippen MR) is 67.8 cm³/mol. The molecule has 0 saturated carbocycles. The van der Waals surface area contributed by atoms with E-state index in [1.165, 1.54) is 12.1 Å². The molecule has 3 nitrogen and oxygen atoms in total. The van der Waals surface area contributed by atoms with E-state index in [1.807, 2.05) is 6.07 Å². The first-order valence-electron chi connectivity index (χ1n) is 5.74. The van der Waals surface area contributed by atoms with Gasteiger partial charge in [-0.05, 0) is 29.8 Å². The summed E-state index contributed by atoms with van der Waals surface area (Å²) in [6.45, 7) is 0.00878. The monoisotopic (exact) mass is 257 g/mol. The fraction of sp³-hybridized carbons (Fsp3) is 0.133. The van der Waals surface area contributed by atoms with Crippen molar-refractivity contribution in [3.63, 3.8) is 0 Å². The van der Waals surface area contributed by atoms with Gasteiger partial charge < -0.3 is 9.84 Å². The largest absolute Gasteiger partial charge is 0.489 e. The number of aliphatic hydroxyl groups is 1. The maximum atomic E-state index is 13.6. The third-order valence-electron chi connectivity index (χ3n) is 2.66. The molecule has 2 aromatic rings. The fourth-order valence-corrected chi connectivity index (χ4v) is 1.63. The molecule has 0 aromatic heterocycles. The Hall–Kier alpha value is -2.38. The maximum Gasteiger partial charge on any atom is 0.131 e. The Bertz CT molecular complexity index is 620. The number of hydrogen-bond donors (Lipinski definition) is 1. The Balaban J connectivity index is 2.08. The first-order chi connectivity index (χ1) is 9.22. The number of rotatable bonds is 4. The second-order valence-corrected chi connectivity index (χ2v) is 4.01. The molecule has 2 rings (SSSR count). The second-order valence-electron chi connectivity index (χ2n) is 4.01. The Morgan fingerprint density at radius 3 is 2.74 bits per heavy atom. The van der Waals surface area contributed by atoms with Gasteiger partial charge in [0.15, 0.2) is 0 Å². The van der Waals surface area contributed by atoms with Crippen LogP contribution in [-0.2, 0) is 13.2 Å². The van der Waals surface area contributed by atoms with Crippen LogP contribution in [0, 0.1) is 17.1 Å². The molecule has 96 valence electrons. The van der Waals surface area contributed by atoms with Crippen molar-refractivity contribution in [2.45, 2.75) is 13.2 Å². The highest BCUT2D eigenvalue weighted by Gasteiger charge is 2.05. The lowest BCUT2D eigenvalue weighted by molar-refractivity contribution is 0.277. The molecule has 2 aromatic carbocycles. The molecule has 0 spiro atoms. The molecule has 0 aliphatic rings. The van der Waals surface area contributed by atoms with Crippen molar-refractivity contribution in [3.05, 3.63) is 65.0 Å². The Morgan fingerprint density at radius 1 is 1.21 bits per heavy atom. The summed E-state index contributed by atoms with van der Waals surface area (Å²) in [7, 11) is 0. The lowest BCUT2D eigenvalue weighted by Crippen LogP contribution is -1.99. The zero-order chi connectivity index (χ0) is 13.7. The van der Waals surface area contributed by atoms with Crippen LogP contribution in [0.25, 0.3) is 0 Å². The van der Waals surface area contributed by atoms with Crippen molar-refractivity contribution in [3.8, 4) is 11.8 Å². The summed E-state index contributed by atoms with van der Waals surface area (Å²) in [5, 5.41) is 17.6. The van der Waals surface area contributed by atoms with Crippen LogP contribution in [0.15, 0.2) is 42.5 Å². The fourth-order valence-electron chi connectivity index (χ4n) is 1.63. The first kappa shape index (κ1) is 13.1. The summed E-state index contributed by atoms with van der Waals surface area (Å²) in [6.07, 6.45) is 0. The standard InChI is InChI=1S/C15H12FNO2/c16-15-7-11(8-17)4-5-13(15)10-19-14-3-1-2-12(6-14)9-18/h1-7,18H,9-10H2. The predicted octanol–water partition coefficient (Wildman–Crippen LogP) is 2.77. The molecule has 1 N–H and O–H groups in total. The lowest BCUT2D eigenvalue weighted by Gasteiger charge is -2.08. The highest BCUT2D eigenvalue weighted by atomic mass is 19.1. The summed E-state index contributed by atoms with van der Waals surface area (Å²) >= 11 is 0. The van der Waals surface area contributed by atoms with E-state index < -0.39 is 5.82 Å². The van der Waals surface area contributed by atoms with Gasteiger partial charge in [-0.15, -0.1) is 0 Å². The molecule has 4 heteroatoms. The van der Waals surface area contributed by atoms with Gasteiger partial charge in [0.25, 0.3) is 0 Å². The van der Waals surface area contributed by atoms with Gasteiger partial charge in [0.05, 0.1) is 18.2 Å².